The predicted octanol–water partition coefficient (Wildman–Crippen LogP) is 1.98. The van der Waals surface area contributed by atoms with Gasteiger partial charge in [0.25, 0.3) is 0 Å². The Bertz CT molecular complexity index is 617. The van der Waals surface area contributed by atoms with Crippen LogP contribution in [-0.2, 0) is 17.8 Å². The first-order valence-electron chi connectivity index (χ1n) is 8.70. The molecule has 2 fully saturated rings. The maximum absolute atomic E-state index is 6.01. The lowest BCUT2D eigenvalue weighted by Crippen LogP contribution is -2.50. The number of thiophene rings is 1. The zero-order chi connectivity index (χ0) is 16.2. The number of likely N-dealkylation sites (tertiary alicyclic amines) is 1. The molecule has 2 aromatic heterocycles. The van der Waals surface area contributed by atoms with E-state index in [4.69, 9.17) is 4.74 Å². The van der Waals surface area contributed by atoms with Crippen LogP contribution in [-0.4, -0.2) is 64.6 Å². The molecule has 0 amide bonds. The van der Waals surface area contributed by atoms with Crippen molar-refractivity contribution in [3.8, 4) is 0 Å². The van der Waals surface area contributed by atoms with Crippen molar-refractivity contribution in [3.05, 3.63) is 34.3 Å². The molecule has 2 aliphatic rings. The molecule has 0 aromatic carbocycles. The van der Waals surface area contributed by atoms with E-state index in [1.165, 1.54) is 24.9 Å². The number of aromatic amines is 1. The van der Waals surface area contributed by atoms with Crippen LogP contribution in [0.3, 0.4) is 0 Å². The normalized spacial score (nSPS) is 26.7. The topological polar surface area (TPSA) is 57.3 Å². The Morgan fingerprint density at radius 3 is 2.96 bits per heavy atom. The summed E-state index contributed by atoms with van der Waals surface area (Å²) in [5.74, 6) is 0. The molecule has 6 nitrogen and oxygen atoms in total. The third kappa shape index (κ3) is 3.85. The first-order chi connectivity index (χ1) is 11.8. The molecule has 2 saturated heterocycles. The van der Waals surface area contributed by atoms with Crippen LogP contribution in [0.4, 0.5) is 0 Å². The highest BCUT2D eigenvalue weighted by atomic mass is 32.1. The van der Waals surface area contributed by atoms with E-state index in [0.29, 0.717) is 0 Å². The summed E-state index contributed by atoms with van der Waals surface area (Å²) in [4.78, 5) is 5.09. The maximum atomic E-state index is 6.01. The molecule has 24 heavy (non-hydrogen) atoms. The molecular weight excluding hydrogens is 322 g/mol. The minimum atomic E-state index is 0.245. The van der Waals surface area contributed by atoms with Gasteiger partial charge < -0.3 is 4.74 Å². The van der Waals surface area contributed by atoms with E-state index in [1.807, 2.05) is 6.20 Å². The van der Waals surface area contributed by atoms with Gasteiger partial charge >= 0.3 is 0 Å². The second-order valence-corrected chi connectivity index (χ2v) is 7.95. The van der Waals surface area contributed by atoms with Crippen LogP contribution < -0.4 is 0 Å². The van der Waals surface area contributed by atoms with Gasteiger partial charge in [0.05, 0.1) is 25.1 Å². The van der Waals surface area contributed by atoms with Crippen molar-refractivity contribution in [2.24, 2.45) is 5.41 Å². The number of nitrogens with zero attached hydrogens (tertiary/aromatic N) is 4. The molecule has 130 valence electrons. The molecular formula is C17H25N5OS. The van der Waals surface area contributed by atoms with Crippen LogP contribution in [0, 0.1) is 5.41 Å². The Balaban J connectivity index is 1.43. The molecule has 0 saturated carbocycles. The summed E-state index contributed by atoms with van der Waals surface area (Å²) in [6.07, 6.45) is 4.33. The Morgan fingerprint density at radius 2 is 2.17 bits per heavy atom. The zero-order valence-corrected chi connectivity index (χ0v) is 14.8. The monoisotopic (exact) mass is 347 g/mol. The fraction of sp³-hybridized carbons (Fsp3) is 0.647. The molecule has 2 aliphatic heterocycles. The first-order valence-corrected chi connectivity index (χ1v) is 9.64. The van der Waals surface area contributed by atoms with Gasteiger partial charge in [0.15, 0.2) is 0 Å². The third-order valence-electron chi connectivity index (χ3n) is 5.10. The van der Waals surface area contributed by atoms with Gasteiger partial charge in [-0.3, -0.25) is 9.80 Å². The lowest BCUT2D eigenvalue weighted by molar-refractivity contribution is 0.00245. The summed E-state index contributed by atoms with van der Waals surface area (Å²) in [6, 6.07) is 2.24. The van der Waals surface area contributed by atoms with Crippen LogP contribution in [0.15, 0.2) is 23.0 Å². The number of aromatic nitrogens is 3. The van der Waals surface area contributed by atoms with Crippen molar-refractivity contribution < 1.29 is 4.74 Å². The van der Waals surface area contributed by atoms with Gasteiger partial charge in [-0.25, -0.2) is 0 Å². The molecule has 1 spiro atoms. The second kappa shape index (κ2) is 7.31. The highest BCUT2D eigenvalue weighted by molar-refractivity contribution is 7.07. The van der Waals surface area contributed by atoms with E-state index >= 15 is 0 Å². The number of rotatable bonds is 4. The van der Waals surface area contributed by atoms with Gasteiger partial charge in [0, 0.05) is 38.1 Å². The standard InChI is InChI=1S/C17H25N5OS/c1-3-17(12-21(4-1)9-15-2-7-24-11-15)13-22(5-6-23-14-17)10-16-8-18-20-19-16/h2,7-8,11H,1,3-6,9-10,12-14H2,(H,18,19,20)/t17-/m1/s1. The van der Waals surface area contributed by atoms with E-state index in [-0.39, 0.29) is 5.41 Å². The van der Waals surface area contributed by atoms with Crippen LogP contribution in [0.1, 0.15) is 24.1 Å². The Morgan fingerprint density at radius 1 is 1.25 bits per heavy atom. The van der Waals surface area contributed by atoms with Crippen LogP contribution in [0.25, 0.3) is 0 Å². The average molecular weight is 347 g/mol. The van der Waals surface area contributed by atoms with Gasteiger partial charge in [-0.2, -0.15) is 26.7 Å². The summed E-state index contributed by atoms with van der Waals surface area (Å²) in [5.41, 5.74) is 2.69. The summed E-state index contributed by atoms with van der Waals surface area (Å²) in [6.45, 7) is 7.98. The molecule has 1 N–H and O–H groups in total. The lowest BCUT2D eigenvalue weighted by Gasteiger charge is -2.43. The molecule has 0 radical (unpaired) electrons. The van der Waals surface area contributed by atoms with Crippen molar-refractivity contribution in [2.45, 2.75) is 25.9 Å². The molecule has 4 heterocycles. The molecule has 4 rings (SSSR count). The number of ether oxygens (including phenoxy) is 1. The number of hydrogen-bond acceptors (Lipinski definition) is 6. The minimum absolute atomic E-state index is 0.245. The van der Waals surface area contributed by atoms with E-state index in [1.54, 1.807) is 11.3 Å². The minimum Gasteiger partial charge on any atom is -0.379 e. The number of nitrogens with one attached hydrogen (secondary N) is 1. The van der Waals surface area contributed by atoms with Crippen molar-refractivity contribution in [1.82, 2.24) is 25.2 Å². The highest BCUT2D eigenvalue weighted by Gasteiger charge is 2.38. The molecule has 0 unspecified atom stereocenters. The van der Waals surface area contributed by atoms with Crippen LogP contribution >= 0.6 is 11.3 Å². The number of piperidine rings is 1. The van der Waals surface area contributed by atoms with E-state index < -0.39 is 0 Å². The number of H-pyrrole nitrogens is 1. The molecule has 2 aromatic rings. The van der Waals surface area contributed by atoms with E-state index in [0.717, 1.165) is 51.6 Å². The number of hydrogen-bond donors (Lipinski definition) is 1. The van der Waals surface area contributed by atoms with Gasteiger partial charge in [0.2, 0.25) is 0 Å². The third-order valence-corrected chi connectivity index (χ3v) is 5.83. The van der Waals surface area contributed by atoms with E-state index in [9.17, 15) is 0 Å². The van der Waals surface area contributed by atoms with Gasteiger partial charge in [-0.15, -0.1) is 0 Å². The average Bonchev–Trinajstić information content (AvgIpc) is 3.22. The lowest BCUT2D eigenvalue weighted by atomic mass is 9.80. The van der Waals surface area contributed by atoms with Crippen molar-refractivity contribution in [1.29, 1.82) is 0 Å². The summed E-state index contributed by atoms with van der Waals surface area (Å²) < 4.78 is 6.01. The SMILES string of the molecule is c1cc(CN2CCC[C@@]3(COCCN(Cc4cn[nH]n4)C3)C2)cs1. The molecule has 7 heteroatoms. The summed E-state index contributed by atoms with van der Waals surface area (Å²) in [5, 5.41) is 15.3. The Labute approximate surface area is 146 Å². The Kier molecular flexibility index (Phi) is 4.93. The van der Waals surface area contributed by atoms with Crippen molar-refractivity contribution in [3.63, 3.8) is 0 Å². The largest absolute Gasteiger partial charge is 0.379 e. The second-order valence-electron chi connectivity index (χ2n) is 7.17. The fourth-order valence-corrected chi connectivity index (χ4v) is 4.74. The predicted molar refractivity (Wildman–Crippen MR) is 93.7 cm³/mol. The van der Waals surface area contributed by atoms with Gasteiger partial charge in [-0.05, 0) is 41.8 Å². The summed E-state index contributed by atoms with van der Waals surface area (Å²) in [7, 11) is 0. The van der Waals surface area contributed by atoms with Gasteiger partial charge in [-0.1, -0.05) is 0 Å². The highest BCUT2D eigenvalue weighted by Crippen LogP contribution is 2.34. The van der Waals surface area contributed by atoms with Crippen LogP contribution in [0.5, 0.6) is 0 Å². The zero-order valence-electron chi connectivity index (χ0n) is 14.0. The van der Waals surface area contributed by atoms with E-state index in [2.05, 4.69) is 42.0 Å². The van der Waals surface area contributed by atoms with Crippen LogP contribution in [0.2, 0.25) is 0 Å². The summed E-state index contributed by atoms with van der Waals surface area (Å²) >= 11 is 1.79. The quantitative estimate of drug-likeness (QED) is 0.916. The van der Waals surface area contributed by atoms with Crippen molar-refractivity contribution in [2.75, 3.05) is 39.4 Å². The molecule has 1 atom stereocenters. The smallest absolute Gasteiger partial charge is 0.0964 e. The Hall–Kier alpha value is -1.28. The van der Waals surface area contributed by atoms with Crippen molar-refractivity contribution >= 4 is 11.3 Å². The van der Waals surface area contributed by atoms with Gasteiger partial charge in [0.1, 0.15) is 0 Å². The maximum Gasteiger partial charge on any atom is 0.0964 e. The molecule has 0 bridgehead atoms. The first kappa shape index (κ1) is 16.2. The molecule has 0 aliphatic carbocycles. The fourth-order valence-electron chi connectivity index (χ4n) is 4.08.